The average molecular weight is 301 g/mol. The van der Waals surface area contributed by atoms with Crippen LogP contribution in [0.1, 0.15) is 31.2 Å². The van der Waals surface area contributed by atoms with Crippen LogP contribution < -0.4 is 5.32 Å². The van der Waals surface area contributed by atoms with Crippen molar-refractivity contribution in [3.63, 3.8) is 0 Å². The van der Waals surface area contributed by atoms with Crippen molar-refractivity contribution in [1.29, 1.82) is 0 Å². The molecule has 2 nitrogen and oxygen atoms in total. The molecule has 0 amide bonds. The van der Waals surface area contributed by atoms with E-state index in [-0.39, 0.29) is 0 Å². The van der Waals surface area contributed by atoms with Crippen LogP contribution in [0.3, 0.4) is 0 Å². The van der Waals surface area contributed by atoms with Crippen LogP contribution in [-0.2, 0) is 6.54 Å². The maximum Gasteiger partial charge on any atom is 0.0424 e. The number of nitrogens with one attached hydrogen (secondary N) is 1. The number of nitrogens with zero attached hydrogens (tertiary/aromatic N) is 1. The molecule has 1 aliphatic rings. The van der Waals surface area contributed by atoms with Crippen LogP contribution >= 0.6 is 23.2 Å². The minimum atomic E-state index is 0.706. The Hall–Kier alpha value is -0.280. The molecule has 106 valence electrons. The Morgan fingerprint density at radius 1 is 1.00 bits per heavy atom. The molecule has 0 saturated carbocycles. The standard InChI is InChI=1S/C15H22Cl2N2/c16-14-9-13(10-15(17)11-14)12-18-5-4-8-19-6-2-1-3-7-19/h9-11,18H,1-8,12H2. The molecule has 1 aliphatic heterocycles. The van der Waals surface area contributed by atoms with Crippen LogP contribution in [0.4, 0.5) is 0 Å². The first-order chi connectivity index (χ1) is 9.24. The number of likely N-dealkylation sites (tertiary alicyclic amines) is 1. The molecule has 0 spiro atoms. The van der Waals surface area contributed by atoms with E-state index in [1.807, 2.05) is 12.1 Å². The first-order valence-corrected chi connectivity index (χ1v) is 7.88. The lowest BCUT2D eigenvalue weighted by Gasteiger charge is -2.26. The molecule has 0 bridgehead atoms. The van der Waals surface area contributed by atoms with Crippen molar-refractivity contribution in [3.05, 3.63) is 33.8 Å². The summed E-state index contributed by atoms with van der Waals surface area (Å²) in [4.78, 5) is 2.57. The van der Waals surface area contributed by atoms with Crippen molar-refractivity contribution < 1.29 is 0 Å². The van der Waals surface area contributed by atoms with Crippen LogP contribution in [0.15, 0.2) is 18.2 Å². The van der Waals surface area contributed by atoms with Gasteiger partial charge in [-0.05, 0) is 69.2 Å². The molecule has 1 aromatic carbocycles. The number of piperidine rings is 1. The minimum Gasteiger partial charge on any atom is -0.313 e. The molecule has 1 heterocycles. The highest BCUT2D eigenvalue weighted by Crippen LogP contribution is 2.18. The average Bonchev–Trinajstić information content (AvgIpc) is 2.38. The second kappa shape index (κ2) is 8.11. The zero-order chi connectivity index (χ0) is 13.5. The van der Waals surface area contributed by atoms with E-state index in [1.54, 1.807) is 6.07 Å². The van der Waals surface area contributed by atoms with Gasteiger partial charge in [0.05, 0.1) is 0 Å². The van der Waals surface area contributed by atoms with Gasteiger partial charge in [-0.1, -0.05) is 29.6 Å². The van der Waals surface area contributed by atoms with E-state index in [9.17, 15) is 0 Å². The Labute approximate surface area is 126 Å². The van der Waals surface area contributed by atoms with E-state index in [0.717, 1.165) is 18.7 Å². The highest BCUT2D eigenvalue weighted by molar-refractivity contribution is 6.34. The zero-order valence-electron chi connectivity index (χ0n) is 11.3. The molecule has 1 saturated heterocycles. The normalized spacial score (nSPS) is 16.7. The lowest BCUT2D eigenvalue weighted by Crippen LogP contribution is -2.32. The summed E-state index contributed by atoms with van der Waals surface area (Å²) in [7, 11) is 0. The fraction of sp³-hybridized carbons (Fsp3) is 0.600. The first kappa shape index (κ1) is 15.1. The van der Waals surface area contributed by atoms with E-state index in [0.29, 0.717) is 10.0 Å². The second-order valence-corrected chi connectivity index (χ2v) is 6.08. The summed E-state index contributed by atoms with van der Waals surface area (Å²) in [6.45, 7) is 5.65. The summed E-state index contributed by atoms with van der Waals surface area (Å²) in [6.07, 6.45) is 5.35. The molecule has 19 heavy (non-hydrogen) atoms. The van der Waals surface area contributed by atoms with Crippen molar-refractivity contribution in [2.45, 2.75) is 32.2 Å². The van der Waals surface area contributed by atoms with E-state index in [4.69, 9.17) is 23.2 Å². The topological polar surface area (TPSA) is 15.3 Å². The summed E-state index contributed by atoms with van der Waals surface area (Å²) < 4.78 is 0. The van der Waals surface area contributed by atoms with Crippen LogP contribution in [0.25, 0.3) is 0 Å². The van der Waals surface area contributed by atoms with Gasteiger partial charge in [-0.3, -0.25) is 0 Å². The Morgan fingerprint density at radius 2 is 1.68 bits per heavy atom. The summed E-state index contributed by atoms with van der Waals surface area (Å²) in [5, 5.41) is 4.86. The monoisotopic (exact) mass is 300 g/mol. The SMILES string of the molecule is Clc1cc(Cl)cc(CNCCCN2CCCCC2)c1. The summed E-state index contributed by atoms with van der Waals surface area (Å²) in [5.41, 5.74) is 1.15. The summed E-state index contributed by atoms with van der Waals surface area (Å²) >= 11 is 11.9. The number of rotatable bonds is 6. The lowest BCUT2D eigenvalue weighted by atomic mass is 10.1. The van der Waals surface area contributed by atoms with Gasteiger partial charge in [-0.15, -0.1) is 0 Å². The number of hydrogen-bond donors (Lipinski definition) is 1. The van der Waals surface area contributed by atoms with E-state index in [1.165, 1.54) is 45.3 Å². The second-order valence-electron chi connectivity index (χ2n) is 5.21. The van der Waals surface area contributed by atoms with E-state index in [2.05, 4.69) is 10.2 Å². The highest BCUT2D eigenvalue weighted by Gasteiger charge is 2.08. The molecule has 0 aromatic heterocycles. The molecule has 1 N–H and O–H groups in total. The van der Waals surface area contributed by atoms with Gasteiger partial charge < -0.3 is 10.2 Å². The van der Waals surface area contributed by atoms with Crippen molar-refractivity contribution in [2.24, 2.45) is 0 Å². The van der Waals surface area contributed by atoms with Gasteiger partial charge in [0, 0.05) is 16.6 Å². The summed E-state index contributed by atoms with van der Waals surface area (Å²) in [6, 6.07) is 5.69. The predicted octanol–water partition coefficient (Wildman–Crippen LogP) is 3.96. The molecular formula is C15H22Cl2N2. The fourth-order valence-electron chi connectivity index (χ4n) is 2.56. The molecule has 0 atom stereocenters. The third-order valence-corrected chi connectivity index (χ3v) is 3.96. The maximum atomic E-state index is 5.97. The number of benzene rings is 1. The molecular weight excluding hydrogens is 279 g/mol. The van der Waals surface area contributed by atoms with Crippen molar-refractivity contribution in [1.82, 2.24) is 10.2 Å². The van der Waals surface area contributed by atoms with Gasteiger partial charge in [0.2, 0.25) is 0 Å². The van der Waals surface area contributed by atoms with E-state index >= 15 is 0 Å². The maximum absolute atomic E-state index is 5.97. The quantitative estimate of drug-likeness (QED) is 0.800. The fourth-order valence-corrected chi connectivity index (χ4v) is 3.13. The number of hydrogen-bond acceptors (Lipinski definition) is 2. The van der Waals surface area contributed by atoms with Crippen molar-refractivity contribution >= 4 is 23.2 Å². The molecule has 1 aromatic rings. The Morgan fingerprint density at radius 3 is 2.37 bits per heavy atom. The van der Waals surface area contributed by atoms with Crippen molar-refractivity contribution in [3.8, 4) is 0 Å². The largest absolute Gasteiger partial charge is 0.313 e. The van der Waals surface area contributed by atoms with Gasteiger partial charge in [0.15, 0.2) is 0 Å². The highest BCUT2D eigenvalue weighted by atomic mass is 35.5. The van der Waals surface area contributed by atoms with E-state index < -0.39 is 0 Å². The molecule has 0 radical (unpaired) electrons. The van der Waals surface area contributed by atoms with Crippen LogP contribution in [0, 0.1) is 0 Å². The first-order valence-electron chi connectivity index (χ1n) is 7.12. The Bertz CT molecular complexity index is 369. The molecule has 1 fully saturated rings. The van der Waals surface area contributed by atoms with Crippen LogP contribution in [0.5, 0.6) is 0 Å². The third-order valence-electron chi connectivity index (χ3n) is 3.53. The van der Waals surface area contributed by atoms with Crippen LogP contribution in [-0.4, -0.2) is 31.1 Å². The Balaban J connectivity index is 1.60. The molecule has 4 heteroatoms. The van der Waals surface area contributed by atoms with Gasteiger partial charge in [0.25, 0.3) is 0 Å². The van der Waals surface area contributed by atoms with Gasteiger partial charge in [-0.2, -0.15) is 0 Å². The molecule has 2 rings (SSSR count). The Kier molecular flexibility index (Phi) is 6.45. The smallest absolute Gasteiger partial charge is 0.0424 e. The summed E-state index contributed by atoms with van der Waals surface area (Å²) in [5.74, 6) is 0. The van der Waals surface area contributed by atoms with Gasteiger partial charge >= 0.3 is 0 Å². The third kappa shape index (κ3) is 5.70. The van der Waals surface area contributed by atoms with Gasteiger partial charge in [0.1, 0.15) is 0 Å². The zero-order valence-corrected chi connectivity index (χ0v) is 12.8. The number of halogens is 2. The minimum absolute atomic E-state index is 0.706. The molecule has 0 aliphatic carbocycles. The van der Waals surface area contributed by atoms with Gasteiger partial charge in [-0.25, -0.2) is 0 Å². The lowest BCUT2D eigenvalue weighted by molar-refractivity contribution is 0.225. The van der Waals surface area contributed by atoms with Crippen molar-refractivity contribution in [2.75, 3.05) is 26.2 Å². The van der Waals surface area contributed by atoms with Crippen LogP contribution in [0.2, 0.25) is 10.0 Å². The predicted molar refractivity (Wildman–Crippen MR) is 83.1 cm³/mol. The molecule has 0 unspecified atom stereocenters.